The van der Waals surface area contributed by atoms with Crippen molar-refractivity contribution in [2.75, 3.05) is 25.6 Å². The summed E-state index contributed by atoms with van der Waals surface area (Å²) in [6.45, 7) is 1.27. The molecule has 6 heteroatoms. The number of hydrogen-bond acceptors (Lipinski definition) is 4. The first-order chi connectivity index (χ1) is 8.15. The van der Waals surface area contributed by atoms with Crippen molar-refractivity contribution in [3.05, 3.63) is 18.7 Å². The summed E-state index contributed by atoms with van der Waals surface area (Å²) >= 11 is 1.63. The van der Waals surface area contributed by atoms with Crippen LogP contribution in [0, 0.1) is 0 Å². The molecule has 1 heterocycles. The van der Waals surface area contributed by atoms with Crippen molar-refractivity contribution in [3.8, 4) is 0 Å². The standard InChI is InChI=1S/C11H19N3O2S/c1-13(6-7-14-5-4-12-9-14)11(16)10(15)3-8-17-2/h4-5,9-10,15H,3,6-8H2,1-2H3/t10-/m0/s1. The Labute approximate surface area is 106 Å². The van der Waals surface area contributed by atoms with E-state index in [0.29, 0.717) is 19.5 Å². The highest BCUT2D eigenvalue weighted by Crippen LogP contribution is 2.03. The Morgan fingerprint density at radius 3 is 3.00 bits per heavy atom. The molecule has 1 atom stereocenters. The molecule has 5 nitrogen and oxygen atoms in total. The largest absolute Gasteiger partial charge is 0.383 e. The van der Waals surface area contributed by atoms with Crippen LogP contribution in [0.25, 0.3) is 0 Å². The van der Waals surface area contributed by atoms with Gasteiger partial charge in [-0.05, 0) is 18.4 Å². The summed E-state index contributed by atoms with van der Waals surface area (Å²) in [6, 6.07) is 0. The second-order valence-corrected chi connectivity index (χ2v) is 4.84. The van der Waals surface area contributed by atoms with E-state index in [9.17, 15) is 9.90 Å². The van der Waals surface area contributed by atoms with Crippen LogP contribution < -0.4 is 0 Å². The molecule has 0 fully saturated rings. The van der Waals surface area contributed by atoms with E-state index in [1.165, 1.54) is 0 Å². The lowest BCUT2D eigenvalue weighted by Gasteiger charge is -2.20. The molecule has 0 saturated carbocycles. The van der Waals surface area contributed by atoms with Gasteiger partial charge in [0.05, 0.1) is 6.33 Å². The zero-order valence-electron chi connectivity index (χ0n) is 10.2. The number of nitrogens with zero attached hydrogens (tertiary/aromatic N) is 3. The van der Waals surface area contributed by atoms with Crippen LogP contribution in [0.1, 0.15) is 6.42 Å². The van der Waals surface area contributed by atoms with Gasteiger partial charge in [-0.25, -0.2) is 4.98 Å². The molecule has 1 amide bonds. The Bertz CT molecular complexity index is 329. The van der Waals surface area contributed by atoms with Crippen LogP contribution in [0.15, 0.2) is 18.7 Å². The zero-order valence-corrected chi connectivity index (χ0v) is 11.1. The van der Waals surface area contributed by atoms with Gasteiger partial charge >= 0.3 is 0 Å². The summed E-state index contributed by atoms with van der Waals surface area (Å²) in [6.07, 6.45) is 6.85. The molecule has 1 aromatic rings. The van der Waals surface area contributed by atoms with E-state index in [4.69, 9.17) is 0 Å². The lowest BCUT2D eigenvalue weighted by molar-refractivity contribution is -0.139. The molecule has 1 aromatic heterocycles. The fourth-order valence-corrected chi connectivity index (χ4v) is 1.86. The maximum Gasteiger partial charge on any atom is 0.251 e. The van der Waals surface area contributed by atoms with Crippen LogP contribution in [0.5, 0.6) is 0 Å². The topological polar surface area (TPSA) is 58.4 Å². The minimum Gasteiger partial charge on any atom is -0.383 e. The molecule has 96 valence electrons. The Hall–Kier alpha value is -1.01. The smallest absolute Gasteiger partial charge is 0.251 e. The van der Waals surface area contributed by atoms with Crippen molar-refractivity contribution in [2.45, 2.75) is 19.1 Å². The summed E-state index contributed by atoms with van der Waals surface area (Å²) in [5.74, 6) is 0.585. The molecule has 1 rings (SSSR count). The number of imidazole rings is 1. The average molecular weight is 257 g/mol. The number of hydrogen-bond donors (Lipinski definition) is 1. The van der Waals surface area contributed by atoms with Gasteiger partial charge in [0, 0.05) is 32.5 Å². The molecule has 17 heavy (non-hydrogen) atoms. The maximum absolute atomic E-state index is 11.8. The summed E-state index contributed by atoms with van der Waals surface area (Å²) < 4.78 is 1.90. The molecule has 0 saturated heterocycles. The van der Waals surface area contributed by atoms with Crippen molar-refractivity contribution in [1.29, 1.82) is 0 Å². The number of thioether (sulfide) groups is 1. The fraction of sp³-hybridized carbons (Fsp3) is 0.636. The van der Waals surface area contributed by atoms with Crippen LogP contribution in [-0.2, 0) is 11.3 Å². The van der Waals surface area contributed by atoms with E-state index in [1.54, 1.807) is 36.2 Å². The Kier molecular flexibility index (Phi) is 6.07. The first kappa shape index (κ1) is 14.1. The van der Waals surface area contributed by atoms with Crippen LogP contribution in [0.2, 0.25) is 0 Å². The maximum atomic E-state index is 11.8. The molecule has 0 aliphatic heterocycles. The van der Waals surface area contributed by atoms with Crippen LogP contribution >= 0.6 is 11.8 Å². The van der Waals surface area contributed by atoms with Crippen molar-refractivity contribution in [3.63, 3.8) is 0 Å². The number of likely N-dealkylation sites (N-methyl/N-ethyl adjacent to an activating group) is 1. The molecule has 0 unspecified atom stereocenters. The predicted octanol–water partition coefficient (Wildman–Crippen LogP) is 0.455. The number of carbonyl (C=O) groups excluding carboxylic acids is 1. The van der Waals surface area contributed by atoms with Gasteiger partial charge in [0.1, 0.15) is 6.10 Å². The quantitative estimate of drug-likeness (QED) is 0.771. The number of aliphatic hydroxyl groups is 1. The van der Waals surface area contributed by atoms with E-state index in [0.717, 1.165) is 5.75 Å². The van der Waals surface area contributed by atoms with Gasteiger partial charge in [-0.15, -0.1) is 0 Å². The van der Waals surface area contributed by atoms with Crippen molar-refractivity contribution in [1.82, 2.24) is 14.5 Å². The lowest BCUT2D eigenvalue weighted by Crippen LogP contribution is -2.38. The molecule has 0 aliphatic rings. The van der Waals surface area contributed by atoms with E-state index in [2.05, 4.69) is 4.98 Å². The number of aromatic nitrogens is 2. The molecule has 0 bridgehead atoms. The second kappa shape index (κ2) is 7.34. The van der Waals surface area contributed by atoms with E-state index in [1.807, 2.05) is 17.0 Å². The molecule has 0 spiro atoms. The Morgan fingerprint density at radius 2 is 2.41 bits per heavy atom. The molecule has 0 aromatic carbocycles. The first-order valence-corrected chi connectivity index (χ1v) is 6.92. The molecular formula is C11H19N3O2S. The van der Waals surface area contributed by atoms with Gasteiger partial charge in [-0.2, -0.15) is 11.8 Å². The van der Waals surface area contributed by atoms with E-state index in [-0.39, 0.29) is 5.91 Å². The SMILES string of the molecule is CSCC[C@H](O)C(=O)N(C)CCn1ccnc1. The van der Waals surface area contributed by atoms with Gasteiger partial charge in [0.15, 0.2) is 0 Å². The molecule has 1 N–H and O–H groups in total. The zero-order chi connectivity index (χ0) is 12.7. The highest BCUT2D eigenvalue weighted by Gasteiger charge is 2.18. The Morgan fingerprint density at radius 1 is 1.65 bits per heavy atom. The summed E-state index contributed by atoms with van der Waals surface area (Å²) in [4.78, 5) is 17.2. The van der Waals surface area contributed by atoms with Gasteiger partial charge in [0.2, 0.25) is 0 Å². The Balaban J connectivity index is 2.31. The molecule has 0 aliphatic carbocycles. The monoisotopic (exact) mass is 257 g/mol. The summed E-state index contributed by atoms with van der Waals surface area (Å²) in [7, 11) is 1.71. The second-order valence-electron chi connectivity index (χ2n) is 3.86. The highest BCUT2D eigenvalue weighted by molar-refractivity contribution is 7.98. The number of aliphatic hydroxyl groups excluding tert-OH is 1. The van der Waals surface area contributed by atoms with E-state index >= 15 is 0 Å². The highest BCUT2D eigenvalue weighted by atomic mass is 32.2. The van der Waals surface area contributed by atoms with Gasteiger partial charge in [-0.3, -0.25) is 4.79 Å². The third-order valence-corrected chi connectivity index (χ3v) is 3.15. The van der Waals surface area contributed by atoms with Crippen LogP contribution in [0.3, 0.4) is 0 Å². The lowest BCUT2D eigenvalue weighted by atomic mass is 10.2. The molecule has 0 radical (unpaired) electrons. The molecular weight excluding hydrogens is 238 g/mol. The number of rotatable bonds is 7. The number of amides is 1. The van der Waals surface area contributed by atoms with Crippen molar-refractivity contribution in [2.24, 2.45) is 0 Å². The van der Waals surface area contributed by atoms with Gasteiger partial charge in [0.25, 0.3) is 5.91 Å². The van der Waals surface area contributed by atoms with Crippen LogP contribution in [0.4, 0.5) is 0 Å². The van der Waals surface area contributed by atoms with E-state index < -0.39 is 6.10 Å². The van der Waals surface area contributed by atoms with Crippen LogP contribution in [-0.4, -0.2) is 57.2 Å². The number of carbonyl (C=O) groups is 1. The fourth-order valence-electron chi connectivity index (χ4n) is 1.40. The summed E-state index contributed by atoms with van der Waals surface area (Å²) in [5.41, 5.74) is 0. The third-order valence-electron chi connectivity index (χ3n) is 2.51. The van der Waals surface area contributed by atoms with Gasteiger partial charge < -0.3 is 14.6 Å². The van der Waals surface area contributed by atoms with Gasteiger partial charge in [-0.1, -0.05) is 0 Å². The minimum absolute atomic E-state index is 0.209. The average Bonchev–Trinajstić information content (AvgIpc) is 2.85. The summed E-state index contributed by atoms with van der Waals surface area (Å²) in [5, 5.41) is 9.65. The van der Waals surface area contributed by atoms with Crippen molar-refractivity contribution >= 4 is 17.7 Å². The predicted molar refractivity (Wildman–Crippen MR) is 68.9 cm³/mol. The van der Waals surface area contributed by atoms with Crippen molar-refractivity contribution < 1.29 is 9.90 Å². The minimum atomic E-state index is -0.879. The first-order valence-electron chi connectivity index (χ1n) is 5.53. The third kappa shape index (κ3) is 4.79. The normalized spacial score (nSPS) is 12.4.